The Morgan fingerprint density at radius 2 is 1.94 bits per heavy atom. The predicted molar refractivity (Wildman–Crippen MR) is 67.4 cm³/mol. The first-order valence-corrected chi connectivity index (χ1v) is 6.99. The average Bonchev–Trinajstić information content (AvgIpc) is 2.35. The van der Waals surface area contributed by atoms with Crippen molar-refractivity contribution >= 4 is 16.7 Å². The van der Waals surface area contributed by atoms with Crippen LogP contribution >= 0.6 is 0 Å². The molecule has 0 heterocycles. The zero-order valence-corrected chi connectivity index (χ0v) is 10.9. The van der Waals surface area contributed by atoms with Crippen molar-refractivity contribution in [2.45, 2.75) is 11.8 Å². The van der Waals surface area contributed by atoms with Gasteiger partial charge < -0.3 is 10.0 Å². The van der Waals surface area contributed by atoms with E-state index in [-0.39, 0.29) is 12.5 Å². The van der Waals surface area contributed by atoms with Crippen LogP contribution in [-0.2, 0) is 10.8 Å². The summed E-state index contributed by atoms with van der Waals surface area (Å²) in [6.45, 7) is 2.71. The second-order valence-electron chi connectivity index (χ2n) is 3.59. The van der Waals surface area contributed by atoms with Crippen molar-refractivity contribution in [1.29, 1.82) is 0 Å². The second kappa shape index (κ2) is 6.51. The molecule has 1 unspecified atom stereocenters. The Hall–Kier alpha value is -1.20. The SMILES string of the molecule is CCN(CCO)C(=O)c1ccc(S(C)=O)cc1. The molecule has 17 heavy (non-hydrogen) atoms. The van der Waals surface area contributed by atoms with Gasteiger partial charge in [-0.2, -0.15) is 0 Å². The van der Waals surface area contributed by atoms with E-state index in [0.717, 1.165) is 0 Å². The summed E-state index contributed by atoms with van der Waals surface area (Å²) >= 11 is 0. The van der Waals surface area contributed by atoms with Crippen LogP contribution in [0.15, 0.2) is 29.2 Å². The fourth-order valence-corrected chi connectivity index (χ4v) is 2.02. The number of nitrogens with zero attached hydrogens (tertiary/aromatic N) is 1. The van der Waals surface area contributed by atoms with Gasteiger partial charge in [-0.3, -0.25) is 9.00 Å². The molecular formula is C12H17NO3S. The Bertz CT molecular complexity index is 403. The van der Waals surface area contributed by atoms with Crippen molar-refractivity contribution < 1.29 is 14.1 Å². The Balaban J connectivity index is 2.85. The highest BCUT2D eigenvalue weighted by Crippen LogP contribution is 2.10. The van der Waals surface area contributed by atoms with E-state index in [1.165, 1.54) is 0 Å². The maximum atomic E-state index is 12.0. The van der Waals surface area contributed by atoms with Crippen LogP contribution in [0.25, 0.3) is 0 Å². The summed E-state index contributed by atoms with van der Waals surface area (Å²) in [4.78, 5) is 14.3. The summed E-state index contributed by atoms with van der Waals surface area (Å²) in [6, 6.07) is 6.71. The topological polar surface area (TPSA) is 57.6 Å². The largest absolute Gasteiger partial charge is 0.395 e. The first-order valence-electron chi connectivity index (χ1n) is 5.43. The molecule has 1 rings (SSSR count). The lowest BCUT2D eigenvalue weighted by molar-refractivity contribution is 0.0732. The van der Waals surface area contributed by atoms with Gasteiger partial charge in [0.2, 0.25) is 0 Å². The molecular weight excluding hydrogens is 238 g/mol. The predicted octanol–water partition coefficient (Wildman–Crippen LogP) is 0.878. The van der Waals surface area contributed by atoms with Crippen molar-refractivity contribution in [3.8, 4) is 0 Å². The molecule has 0 fully saturated rings. The van der Waals surface area contributed by atoms with Crippen LogP contribution in [0.1, 0.15) is 17.3 Å². The zero-order chi connectivity index (χ0) is 12.8. The number of benzene rings is 1. The van der Waals surface area contributed by atoms with Crippen LogP contribution in [0.3, 0.4) is 0 Å². The van der Waals surface area contributed by atoms with Crippen molar-refractivity contribution in [2.75, 3.05) is 26.0 Å². The van der Waals surface area contributed by atoms with Crippen LogP contribution < -0.4 is 0 Å². The molecule has 1 aromatic rings. The number of carbonyl (C=O) groups excluding carboxylic acids is 1. The van der Waals surface area contributed by atoms with Crippen LogP contribution in [0.2, 0.25) is 0 Å². The van der Waals surface area contributed by atoms with E-state index in [0.29, 0.717) is 23.5 Å². The number of rotatable bonds is 5. The second-order valence-corrected chi connectivity index (χ2v) is 4.97. The van der Waals surface area contributed by atoms with Gasteiger partial charge in [0, 0.05) is 40.6 Å². The molecule has 1 atom stereocenters. The summed E-state index contributed by atoms with van der Waals surface area (Å²) in [6.07, 6.45) is 1.60. The van der Waals surface area contributed by atoms with Crippen molar-refractivity contribution in [1.82, 2.24) is 4.90 Å². The lowest BCUT2D eigenvalue weighted by Gasteiger charge is -2.19. The normalized spacial score (nSPS) is 12.2. The highest BCUT2D eigenvalue weighted by molar-refractivity contribution is 7.84. The summed E-state index contributed by atoms with van der Waals surface area (Å²) in [7, 11) is -1.03. The summed E-state index contributed by atoms with van der Waals surface area (Å²) < 4.78 is 11.2. The first kappa shape index (κ1) is 13.9. The van der Waals surface area contributed by atoms with Crippen LogP contribution in [0.5, 0.6) is 0 Å². The fourth-order valence-electron chi connectivity index (χ4n) is 1.50. The van der Waals surface area contributed by atoms with Crippen LogP contribution in [0.4, 0.5) is 0 Å². The molecule has 0 spiro atoms. The molecule has 0 aliphatic rings. The van der Waals surface area contributed by atoms with Gasteiger partial charge in [-0.05, 0) is 31.2 Å². The van der Waals surface area contributed by atoms with Gasteiger partial charge >= 0.3 is 0 Å². The highest BCUT2D eigenvalue weighted by Gasteiger charge is 2.13. The van der Waals surface area contributed by atoms with Gasteiger partial charge in [0.1, 0.15) is 0 Å². The third kappa shape index (κ3) is 3.64. The Morgan fingerprint density at radius 3 is 2.35 bits per heavy atom. The third-order valence-corrected chi connectivity index (χ3v) is 3.41. The molecule has 4 nitrogen and oxygen atoms in total. The van der Waals surface area contributed by atoms with Gasteiger partial charge in [0.15, 0.2) is 0 Å². The number of likely N-dealkylation sites (N-methyl/N-ethyl adjacent to an activating group) is 1. The molecule has 0 saturated carbocycles. The molecule has 1 amide bonds. The van der Waals surface area contributed by atoms with Crippen LogP contribution in [0, 0.1) is 0 Å². The molecule has 0 bridgehead atoms. The standard InChI is InChI=1S/C12H17NO3S/c1-3-13(8-9-14)12(15)10-4-6-11(7-5-10)17(2)16/h4-7,14H,3,8-9H2,1-2H3. The Labute approximate surface area is 104 Å². The maximum Gasteiger partial charge on any atom is 0.253 e. The summed E-state index contributed by atoms with van der Waals surface area (Å²) in [5.74, 6) is -0.116. The average molecular weight is 255 g/mol. The summed E-state index contributed by atoms with van der Waals surface area (Å²) in [5.41, 5.74) is 0.550. The van der Waals surface area contributed by atoms with Gasteiger partial charge in [0.05, 0.1) is 6.61 Å². The number of aliphatic hydroxyl groups excluding tert-OH is 1. The van der Waals surface area contributed by atoms with Crippen molar-refractivity contribution in [3.63, 3.8) is 0 Å². The van der Waals surface area contributed by atoms with E-state index in [2.05, 4.69) is 0 Å². The number of aliphatic hydroxyl groups is 1. The van der Waals surface area contributed by atoms with Gasteiger partial charge in [-0.15, -0.1) is 0 Å². The molecule has 94 valence electrons. The minimum absolute atomic E-state index is 0.0450. The van der Waals surface area contributed by atoms with Crippen molar-refractivity contribution in [2.24, 2.45) is 0 Å². The smallest absolute Gasteiger partial charge is 0.253 e. The molecule has 0 aromatic heterocycles. The monoisotopic (exact) mass is 255 g/mol. The third-order valence-electron chi connectivity index (χ3n) is 2.47. The minimum Gasteiger partial charge on any atom is -0.395 e. The molecule has 1 N–H and O–H groups in total. The molecule has 0 radical (unpaired) electrons. The van der Waals surface area contributed by atoms with E-state index in [1.807, 2.05) is 6.92 Å². The Morgan fingerprint density at radius 1 is 1.35 bits per heavy atom. The van der Waals surface area contributed by atoms with E-state index >= 15 is 0 Å². The van der Waals surface area contributed by atoms with E-state index in [1.54, 1.807) is 35.4 Å². The minimum atomic E-state index is -1.03. The first-order chi connectivity index (χ1) is 8.10. The number of hydrogen-bond acceptors (Lipinski definition) is 3. The van der Waals surface area contributed by atoms with Crippen LogP contribution in [-0.4, -0.2) is 46.1 Å². The van der Waals surface area contributed by atoms with E-state index in [4.69, 9.17) is 5.11 Å². The van der Waals surface area contributed by atoms with E-state index < -0.39 is 10.8 Å². The van der Waals surface area contributed by atoms with E-state index in [9.17, 15) is 9.00 Å². The van der Waals surface area contributed by atoms with Crippen molar-refractivity contribution in [3.05, 3.63) is 29.8 Å². The molecule has 0 saturated heterocycles. The molecule has 5 heteroatoms. The summed E-state index contributed by atoms with van der Waals surface area (Å²) in [5, 5.41) is 8.85. The number of amides is 1. The lowest BCUT2D eigenvalue weighted by Crippen LogP contribution is -2.33. The molecule has 0 aliphatic heterocycles. The van der Waals surface area contributed by atoms with Gasteiger partial charge in [0.25, 0.3) is 5.91 Å². The Kier molecular flexibility index (Phi) is 5.31. The molecule has 0 aliphatic carbocycles. The van der Waals surface area contributed by atoms with Gasteiger partial charge in [-0.1, -0.05) is 0 Å². The van der Waals surface area contributed by atoms with Gasteiger partial charge in [-0.25, -0.2) is 0 Å². The lowest BCUT2D eigenvalue weighted by atomic mass is 10.2. The highest BCUT2D eigenvalue weighted by atomic mass is 32.2. The number of carbonyl (C=O) groups is 1. The maximum absolute atomic E-state index is 12.0. The zero-order valence-electron chi connectivity index (χ0n) is 10.0. The quantitative estimate of drug-likeness (QED) is 0.849. The number of hydrogen-bond donors (Lipinski definition) is 1. The fraction of sp³-hybridized carbons (Fsp3) is 0.417. The molecule has 1 aromatic carbocycles.